The lowest BCUT2D eigenvalue weighted by molar-refractivity contribution is -0.127. The van der Waals surface area contributed by atoms with Crippen LogP contribution < -0.4 is 9.64 Å². The van der Waals surface area contributed by atoms with Crippen molar-refractivity contribution < 1.29 is 14.3 Å². The number of nitrogens with zero attached hydrogens (tertiary/aromatic N) is 3. The van der Waals surface area contributed by atoms with Gasteiger partial charge in [0.1, 0.15) is 18.2 Å². The Kier molecular flexibility index (Phi) is 7.07. The molecule has 7 heteroatoms. The van der Waals surface area contributed by atoms with E-state index in [4.69, 9.17) is 4.74 Å². The van der Waals surface area contributed by atoms with Gasteiger partial charge >= 0.3 is 0 Å². The maximum atomic E-state index is 12.8. The number of imide groups is 1. The first-order chi connectivity index (χ1) is 15.6. The molecular weight excluding hydrogens is 422 g/mol. The molecule has 1 saturated heterocycles. The van der Waals surface area contributed by atoms with E-state index in [1.54, 1.807) is 6.20 Å². The molecule has 2 aromatic carbocycles. The molecule has 1 aliphatic rings. The van der Waals surface area contributed by atoms with Gasteiger partial charge in [-0.25, -0.2) is 4.98 Å². The second-order valence-corrected chi connectivity index (χ2v) is 8.74. The number of rotatable bonds is 9. The van der Waals surface area contributed by atoms with Crippen LogP contribution in [0, 0.1) is 0 Å². The third kappa shape index (κ3) is 5.48. The molecule has 6 nitrogen and oxygen atoms in total. The lowest BCUT2D eigenvalue weighted by Crippen LogP contribution is -2.31. The predicted octanol–water partition coefficient (Wildman–Crippen LogP) is 4.40. The molecule has 3 aromatic rings. The van der Waals surface area contributed by atoms with E-state index < -0.39 is 0 Å². The van der Waals surface area contributed by atoms with E-state index >= 15 is 0 Å². The van der Waals surface area contributed by atoms with Crippen molar-refractivity contribution in [2.45, 2.75) is 18.2 Å². The highest BCUT2D eigenvalue weighted by Gasteiger charge is 2.39. The van der Waals surface area contributed by atoms with E-state index in [2.05, 4.69) is 4.98 Å². The Morgan fingerprint density at radius 1 is 0.969 bits per heavy atom. The monoisotopic (exact) mass is 447 g/mol. The number of carbonyl (C=O) groups is 2. The molecular formula is C25H25N3O3S. The highest BCUT2D eigenvalue weighted by Crippen LogP contribution is 2.31. The molecule has 0 bridgehead atoms. The molecule has 1 fully saturated rings. The molecule has 1 aliphatic heterocycles. The summed E-state index contributed by atoms with van der Waals surface area (Å²) in [6, 6.07) is 23.1. The van der Waals surface area contributed by atoms with E-state index in [1.165, 1.54) is 4.90 Å². The Balaban J connectivity index is 1.27. The standard InChI is InChI=1S/C25H25N3O3S/c1-27(23-9-5-6-14-26-23)15-16-31-21-12-10-19(11-13-21)17-22-24(29)28(25(30)32-22)18-20-7-3-2-4-8-20/h2-14,22H,15-18H2,1H3. The fourth-order valence-corrected chi connectivity index (χ4v) is 4.50. The maximum absolute atomic E-state index is 12.8. The molecule has 0 aliphatic carbocycles. The van der Waals surface area contributed by atoms with Gasteiger partial charge in [-0.3, -0.25) is 14.5 Å². The molecule has 0 radical (unpaired) electrons. The van der Waals surface area contributed by atoms with Crippen LogP contribution in [0.25, 0.3) is 0 Å². The minimum absolute atomic E-state index is 0.123. The molecule has 0 saturated carbocycles. The van der Waals surface area contributed by atoms with Crippen LogP contribution in [0.1, 0.15) is 11.1 Å². The van der Waals surface area contributed by atoms with Gasteiger partial charge in [0.05, 0.1) is 18.3 Å². The van der Waals surface area contributed by atoms with Gasteiger partial charge in [0, 0.05) is 13.2 Å². The number of anilines is 1. The van der Waals surface area contributed by atoms with Gasteiger partial charge in [-0.05, 0) is 41.8 Å². The first kappa shape index (κ1) is 21.9. The summed E-state index contributed by atoms with van der Waals surface area (Å²) < 4.78 is 5.84. The van der Waals surface area contributed by atoms with Gasteiger partial charge in [-0.2, -0.15) is 0 Å². The van der Waals surface area contributed by atoms with Gasteiger partial charge in [-0.15, -0.1) is 0 Å². The number of aromatic nitrogens is 1. The van der Waals surface area contributed by atoms with Crippen molar-refractivity contribution >= 4 is 28.7 Å². The van der Waals surface area contributed by atoms with E-state index in [1.807, 2.05) is 84.7 Å². The Bertz CT molecular complexity index is 1050. The lowest BCUT2D eigenvalue weighted by Gasteiger charge is -2.18. The minimum Gasteiger partial charge on any atom is -0.492 e. The van der Waals surface area contributed by atoms with Crippen molar-refractivity contribution in [1.29, 1.82) is 0 Å². The SMILES string of the molecule is CN(CCOc1ccc(CC2SC(=O)N(Cc3ccccc3)C2=O)cc1)c1ccccn1. The lowest BCUT2D eigenvalue weighted by atomic mass is 10.1. The van der Waals surface area contributed by atoms with Gasteiger partial charge in [-0.1, -0.05) is 60.3 Å². The fourth-order valence-electron chi connectivity index (χ4n) is 3.47. The highest BCUT2D eigenvalue weighted by molar-refractivity contribution is 8.15. The van der Waals surface area contributed by atoms with Crippen LogP contribution in [0.4, 0.5) is 10.6 Å². The molecule has 2 heterocycles. The highest BCUT2D eigenvalue weighted by atomic mass is 32.2. The van der Waals surface area contributed by atoms with Crippen LogP contribution in [0.2, 0.25) is 0 Å². The maximum Gasteiger partial charge on any atom is 0.289 e. The first-order valence-corrected chi connectivity index (χ1v) is 11.4. The van der Waals surface area contributed by atoms with Crippen molar-refractivity contribution in [3.8, 4) is 5.75 Å². The van der Waals surface area contributed by atoms with Crippen molar-refractivity contribution in [2.75, 3.05) is 25.1 Å². The number of benzene rings is 2. The Labute approximate surface area is 192 Å². The van der Waals surface area contributed by atoms with Crippen LogP contribution >= 0.6 is 11.8 Å². The molecule has 1 aromatic heterocycles. The van der Waals surface area contributed by atoms with E-state index in [0.717, 1.165) is 34.5 Å². The van der Waals surface area contributed by atoms with Crippen LogP contribution in [-0.4, -0.2) is 46.5 Å². The quantitative estimate of drug-likeness (QED) is 0.484. The summed E-state index contributed by atoms with van der Waals surface area (Å²) in [5.41, 5.74) is 1.95. The third-order valence-corrected chi connectivity index (χ3v) is 6.34. The third-order valence-electron chi connectivity index (χ3n) is 5.27. The van der Waals surface area contributed by atoms with E-state index in [0.29, 0.717) is 26.1 Å². The van der Waals surface area contributed by atoms with E-state index in [-0.39, 0.29) is 16.4 Å². The Morgan fingerprint density at radius 3 is 2.44 bits per heavy atom. The molecule has 1 unspecified atom stereocenters. The number of carbonyl (C=O) groups excluding carboxylic acids is 2. The van der Waals surface area contributed by atoms with Crippen molar-refractivity contribution in [3.05, 3.63) is 90.1 Å². The summed E-state index contributed by atoms with van der Waals surface area (Å²) in [6.07, 6.45) is 2.29. The number of thioether (sulfide) groups is 1. The Morgan fingerprint density at radius 2 is 1.72 bits per heavy atom. The number of pyridine rings is 1. The number of amides is 2. The second-order valence-electron chi connectivity index (χ2n) is 7.59. The first-order valence-electron chi connectivity index (χ1n) is 10.5. The predicted molar refractivity (Wildman–Crippen MR) is 127 cm³/mol. The van der Waals surface area contributed by atoms with Crippen LogP contribution in [0.3, 0.4) is 0 Å². The molecule has 164 valence electrons. The molecule has 2 amide bonds. The number of ether oxygens (including phenoxy) is 1. The molecule has 32 heavy (non-hydrogen) atoms. The zero-order chi connectivity index (χ0) is 22.3. The summed E-state index contributed by atoms with van der Waals surface area (Å²) in [5.74, 6) is 1.55. The molecule has 0 N–H and O–H groups in total. The summed E-state index contributed by atoms with van der Waals surface area (Å²) in [7, 11) is 1.98. The average molecular weight is 448 g/mol. The van der Waals surface area contributed by atoms with Crippen molar-refractivity contribution in [1.82, 2.24) is 9.88 Å². The fraction of sp³-hybridized carbons (Fsp3) is 0.240. The number of hydrogen-bond donors (Lipinski definition) is 0. The normalized spacial score (nSPS) is 15.8. The van der Waals surface area contributed by atoms with Crippen LogP contribution in [-0.2, 0) is 17.8 Å². The smallest absolute Gasteiger partial charge is 0.289 e. The summed E-state index contributed by atoms with van der Waals surface area (Å²) in [6.45, 7) is 1.57. The van der Waals surface area contributed by atoms with Gasteiger partial charge in [0.25, 0.3) is 5.24 Å². The summed E-state index contributed by atoms with van der Waals surface area (Å²) in [5, 5.41) is -0.564. The number of likely N-dealkylation sites (N-methyl/N-ethyl adjacent to an activating group) is 1. The zero-order valence-corrected chi connectivity index (χ0v) is 18.7. The molecule has 4 rings (SSSR count). The van der Waals surface area contributed by atoms with Crippen molar-refractivity contribution in [3.63, 3.8) is 0 Å². The van der Waals surface area contributed by atoms with Gasteiger partial charge in [0.2, 0.25) is 5.91 Å². The summed E-state index contributed by atoms with van der Waals surface area (Å²) >= 11 is 1.11. The average Bonchev–Trinajstić information content (AvgIpc) is 3.08. The summed E-state index contributed by atoms with van der Waals surface area (Å²) in [4.78, 5) is 32.8. The Hall–Kier alpha value is -3.32. The van der Waals surface area contributed by atoms with E-state index in [9.17, 15) is 9.59 Å². The van der Waals surface area contributed by atoms with Gasteiger partial charge in [0.15, 0.2) is 0 Å². The molecule has 0 spiro atoms. The second kappa shape index (κ2) is 10.3. The van der Waals surface area contributed by atoms with Gasteiger partial charge < -0.3 is 9.64 Å². The van der Waals surface area contributed by atoms with Crippen LogP contribution in [0.15, 0.2) is 79.0 Å². The largest absolute Gasteiger partial charge is 0.492 e. The minimum atomic E-state index is -0.384. The molecule has 1 atom stereocenters. The van der Waals surface area contributed by atoms with Crippen molar-refractivity contribution in [2.24, 2.45) is 0 Å². The number of hydrogen-bond acceptors (Lipinski definition) is 6. The topological polar surface area (TPSA) is 62.7 Å². The zero-order valence-electron chi connectivity index (χ0n) is 17.9. The van der Waals surface area contributed by atoms with Crippen LogP contribution in [0.5, 0.6) is 5.75 Å².